The lowest BCUT2D eigenvalue weighted by atomic mass is 10.0. The van der Waals surface area contributed by atoms with E-state index < -0.39 is 6.04 Å². The first-order valence-electron chi connectivity index (χ1n) is 11.1. The largest absolute Gasteiger partial charge is 0.344 e. The molecule has 2 aromatic heterocycles. The lowest BCUT2D eigenvalue weighted by Crippen LogP contribution is -2.49. The summed E-state index contributed by atoms with van der Waals surface area (Å²) in [5.41, 5.74) is 5.86. The summed E-state index contributed by atoms with van der Waals surface area (Å²) in [6, 6.07) is 17.7. The minimum absolute atomic E-state index is 0.0657. The molecule has 0 aliphatic carbocycles. The summed E-state index contributed by atoms with van der Waals surface area (Å²) in [5, 5.41) is 11.3. The Bertz CT molecular complexity index is 1300. The van der Waals surface area contributed by atoms with Gasteiger partial charge in [-0.2, -0.15) is 5.10 Å². The van der Waals surface area contributed by atoms with Crippen LogP contribution in [-0.4, -0.2) is 28.6 Å². The number of hydrogen-bond acceptors (Lipinski definition) is 4. The van der Waals surface area contributed by atoms with E-state index in [2.05, 4.69) is 57.7 Å². The Hall–Kier alpha value is -3.45. The molecular formula is C26H28N4O2S. The molecule has 0 unspecified atom stereocenters. The number of hydrogen-bond donors (Lipinski definition) is 2. The minimum atomic E-state index is -0.653. The number of hydrazone groups is 1. The van der Waals surface area contributed by atoms with E-state index in [1.807, 2.05) is 43.5 Å². The van der Waals surface area contributed by atoms with Gasteiger partial charge < -0.3 is 9.88 Å². The third-order valence-corrected chi connectivity index (χ3v) is 6.56. The summed E-state index contributed by atoms with van der Waals surface area (Å²) >= 11 is 1.52. The Labute approximate surface area is 197 Å². The number of benzene rings is 2. The summed E-state index contributed by atoms with van der Waals surface area (Å²) in [6.45, 7) is 6.83. The van der Waals surface area contributed by atoms with Crippen LogP contribution < -0.4 is 10.7 Å². The maximum atomic E-state index is 12.7. The monoisotopic (exact) mass is 460 g/mol. The van der Waals surface area contributed by atoms with Crippen LogP contribution in [0.3, 0.4) is 0 Å². The summed E-state index contributed by atoms with van der Waals surface area (Å²) < 4.78 is 2.29. The fourth-order valence-corrected chi connectivity index (χ4v) is 4.77. The number of amides is 2. The van der Waals surface area contributed by atoms with Gasteiger partial charge in [0.05, 0.1) is 12.6 Å². The van der Waals surface area contributed by atoms with Crippen molar-refractivity contribution < 1.29 is 9.59 Å². The molecular weight excluding hydrogens is 432 g/mol. The average Bonchev–Trinajstić information content (AvgIpc) is 3.42. The van der Waals surface area contributed by atoms with Gasteiger partial charge in [0, 0.05) is 33.2 Å². The van der Waals surface area contributed by atoms with E-state index >= 15 is 0 Å². The van der Waals surface area contributed by atoms with Gasteiger partial charge in [0.25, 0.3) is 5.91 Å². The molecule has 0 spiro atoms. The van der Waals surface area contributed by atoms with Crippen molar-refractivity contribution in [3.05, 3.63) is 70.4 Å². The molecule has 170 valence electrons. The van der Waals surface area contributed by atoms with E-state index in [9.17, 15) is 9.59 Å². The Morgan fingerprint density at radius 1 is 1.06 bits per heavy atom. The molecule has 0 saturated carbocycles. The van der Waals surface area contributed by atoms with Gasteiger partial charge in [-0.15, -0.1) is 11.3 Å². The molecule has 0 bridgehead atoms. The van der Waals surface area contributed by atoms with Crippen molar-refractivity contribution in [2.24, 2.45) is 11.0 Å². The van der Waals surface area contributed by atoms with Crippen LogP contribution in [-0.2, 0) is 22.6 Å². The molecule has 0 saturated heterocycles. The molecule has 0 aliphatic rings. The van der Waals surface area contributed by atoms with Gasteiger partial charge in [-0.1, -0.05) is 44.2 Å². The van der Waals surface area contributed by atoms with Crippen LogP contribution in [0.15, 0.2) is 65.1 Å². The molecule has 6 nitrogen and oxygen atoms in total. The molecule has 33 heavy (non-hydrogen) atoms. The number of aryl methyl sites for hydroxylation is 1. The minimum Gasteiger partial charge on any atom is -0.344 e. The first-order valence-corrected chi connectivity index (χ1v) is 12.0. The van der Waals surface area contributed by atoms with Crippen molar-refractivity contribution in [1.29, 1.82) is 0 Å². The van der Waals surface area contributed by atoms with Gasteiger partial charge in [-0.25, -0.2) is 5.43 Å². The number of carbonyl (C=O) groups excluding carboxylic acids is 2. The fourth-order valence-electron chi connectivity index (χ4n) is 4.06. The zero-order valence-corrected chi connectivity index (χ0v) is 19.9. The zero-order chi connectivity index (χ0) is 23.4. The van der Waals surface area contributed by atoms with Crippen molar-refractivity contribution in [2.45, 2.75) is 39.8 Å². The van der Waals surface area contributed by atoms with E-state index in [1.54, 1.807) is 6.21 Å². The van der Waals surface area contributed by atoms with Gasteiger partial charge in [0.2, 0.25) is 5.91 Å². The first kappa shape index (κ1) is 22.7. The van der Waals surface area contributed by atoms with Crippen LogP contribution in [0.4, 0.5) is 0 Å². The Kier molecular flexibility index (Phi) is 6.89. The maximum Gasteiger partial charge on any atom is 0.262 e. The molecule has 2 amide bonds. The number of nitrogens with one attached hydrogen (secondary N) is 2. The average molecular weight is 461 g/mol. The van der Waals surface area contributed by atoms with Gasteiger partial charge >= 0.3 is 0 Å². The van der Waals surface area contributed by atoms with Gasteiger partial charge in [0.15, 0.2) is 0 Å². The highest BCUT2D eigenvalue weighted by atomic mass is 32.1. The molecule has 4 rings (SSSR count). The fraction of sp³-hybridized carbons (Fsp3) is 0.269. The summed E-state index contributed by atoms with van der Waals surface area (Å²) in [6.07, 6.45) is 1.91. The van der Waals surface area contributed by atoms with Gasteiger partial charge in [-0.3, -0.25) is 9.59 Å². The third-order valence-electron chi connectivity index (χ3n) is 5.68. The molecule has 0 radical (unpaired) electrons. The standard InChI is InChI=1S/C26H28N4O2S/c1-4-30-22-10-6-5-9-20(22)21-14-18(11-12-23(21)30)16-27-29-26(32)25(17(2)3)28-24(31)15-19-8-7-13-33-19/h5-14,16-17,25H,4,15H2,1-3H3,(H,28,31)(H,29,32)/b27-16-/t25-/m0/s1. The van der Waals surface area contributed by atoms with Crippen molar-refractivity contribution in [3.8, 4) is 0 Å². The van der Waals surface area contributed by atoms with Gasteiger partial charge in [0.1, 0.15) is 6.04 Å². The van der Waals surface area contributed by atoms with Crippen molar-refractivity contribution >= 4 is 51.2 Å². The number of fused-ring (bicyclic) bond motifs is 3. The number of para-hydroxylation sites is 1. The second kappa shape index (κ2) is 10.0. The number of thiophene rings is 1. The Balaban J connectivity index is 1.46. The summed E-state index contributed by atoms with van der Waals surface area (Å²) in [5.74, 6) is -0.568. The molecule has 4 aromatic rings. The number of rotatable bonds is 8. The predicted molar refractivity (Wildman–Crippen MR) is 136 cm³/mol. The van der Waals surface area contributed by atoms with E-state index in [4.69, 9.17) is 0 Å². The molecule has 1 atom stereocenters. The van der Waals surface area contributed by atoms with E-state index in [1.165, 1.54) is 27.8 Å². The third kappa shape index (κ3) is 4.98. The smallest absolute Gasteiger partial charge is 0.262 e. The molecule has 0 fully saturated rings. The zero-order valence-electron chi connectivity index (χ0n) is 19.0. The van der Waals surface area contributed by atoms with E-state index in [0.717, 1.165) is 22.4 Å². The molecule has 7 heteroatoms. The van der Waals surface area contributed by atoms with Crippen LogP contribution in [0.1, 0.15) is 31.2 Å². The molecule has 2 aromatic carbocycles. The van der Waals surface area contributed by atoms with Crippen LogP contribution in [0.5, 0.6) is 0 Å². The van der Waals surface area contributed by atoms with E-state index in [-0.39, 0.29) is 24.2 Å². The van der Waals surface area contributed by atoms with Crippen LogP contribution >= 0.6 is 11.3 Å². The molecule has 0 aliphatic heterocycles. The van der Waals surface area contributed by atoms with Crippen molar-refractivity contribution in [1.82, 2.24) is 15.3 Å². The number of carbonyl (C=O) groups is 2. The van der Waals surface area contributed by atoms with E-state index in [0.29, 0.717) is 0 Å². The van der Waals surface area contributed by atoms with Crippen molar-refractivity contribution in [2.75, 3.05) is 0 Å². The van der Waals surface area contributed by atoms with Gasteiger partial charge in [-0.05, 0) is 48.1 Å². The Morgan fingerprint density at radius 2 is 1.85 bits per heavy atom. The Morgan fingerprint density at radius 3 is 2.58 bits per heavy atom. The second-order valence-corrected chi connectivity index (χ2v) is 9.35. The molecule has 2 heterocycles. The SMILES string of the molecule is CCn1c2ccccc2c2cc(/C=N\NC(=O)[C@@H](NC(=O)Cc3cccs3)C(C)C)ccc21. The lowest BCUT2D eigenvalue weighted by Gasteiger charge is -2.20. The summed E-state index contributed by atoms with van der Waals surface area (Å²) in [7, 11) is 0. The highest BCUT2D eigenvalue weighted by molar-refractivity contribution is 7.10. The highest BCUT2D eigenvalue weighted by Crippen LogP contribution is 2.29. The van der Waals surface area contributed by atoms with Crippen LogP contribution in [0, 0.1) is 5.92 Å². The quantitative estimate of drug-likeness (QED) is 0.295. The highest BCUT2D eigenvalue weighted by Gasteiger charge is 2.24. The van der Waals surface area contributed by atoms with Crippen molar-refractivity contribution in [3.63, 3.8) is 0 Å². The maximum absolute atomic E-state index is 12.7. The predicted octanol–water partition coefficient (Wildman–Crippen LogP) is 4.71. The normalized spacial score (nSPS) is 12.6. The van der Waals surface area contributed by atoms with Crippen LogP contribution in [0.2, 0.25) is 0 Å². The lowest BCUT2D eigenvalue weighted by molar-refractivity contribution is -0.129. The second-order valence-electron chi connectivity index (χ2n) is 8.32. The number of aromatic nitrogens is 1. The number of nitrogens with zero attached hydrogens (tertiary/aromatic N) is 2. The topological polar surface area (TPSA) is 75.5 Å². The molecule has 2 N–H and O–H groups in total. The summed E-state index contributed by atoms with van der Waals surface area (Å²) in [4.78, 5) is 26.0. The first-order chi connectivity index (χ1) is 16.0. The van der Waals surface area contributed by atoms with Crippen LogP contribution in [0.25, 0.3) is 21.8 Å².